The number of benzene rings is 2. The number of anilines is 1. The monoisotopic (exact) mass is 358 g/mol. The molecule has 0 radical (unpaired) electrons. The molecule has 2 N–H and O–H groups in total. The van der Waals surface area contributed by atoms with E-state index in [1.54, 1.807) is 31.2 Å². The summed E-state index contributed by atoms with van der Waals surface area (Å²) in [6.45, 7) is 1.50. The molecule has 0 unspecified atom stereocenters. The molecule has 1 aromatic heterocycles. The second kappa shape index (κ2) is 6.66. The molecule has 130 valence electrons. The van der Waals surface area contributed by atoms with Gasteiger partial charge in [0.15, 0.2) is 5.82 Å². The van der Waals surface area contributed by atoms with Gasteiger partial charge in [0.1, 0.15) is 0 Å². The normalized spacial score (nSPS) is 11.8. The van der Waals surface area contributed by atoms with Crippen molar-refractivity contribution in [3.8, 4) is 0 Å². The van der Waals surface area contributed by atoms with Crippen molar-refractivity contribution in [2.45, 2.75) is 11.8 Å². The number of aryl methyl sites for hydroxylation is 1. The third-order valence-electron chi connectivity index (χ3n) is 3.77. The van der Waals surface area contributed by atoms with Crippen LogP contribution in [0.1, 0.15) is 5.69 Å². The summed E-state index contributed by atoms with van der Waals surface area (Å²) in [5.74, 6) is -0.0997. The molecule has 0 aliphatic carbocycles. The zero-order valence-electron chi connectivity index (χ0n) is 13.9. The number of hydrogen-bond acceptors (Lipinski definition) is 4. The Morgan fingerprint density at radius 3 is 2.56 bits per heavy atom. The van der Waals surface area contributed by atoms with Gasteiger partial charge in [-0.05, 0) is 29.8 Å². The predicted octanol–water partition coefficient (Wildman–Crippen LogP) is 2.13. The SMILES string of the molecule is Cc1cc(NC(=O)CN(C)S(=O)(=O)c2ccc3ccccc3c2)n[nH]1. The number of aromatic nitrogens is 2. The lowest BCUT2D eigenvalue weighted by molar-refractivity contribution is -0.116. The summed E-state index contributed by atoms with van der Waals surface area (Å²) in [7, 11) is -2.39. The second-order valence-corrected chi connectivity index (χ2v) is 7.80. The van der Waals surface area contributed by atoms with Gasteiger partial charge in [-0.25, -0.2) is 8.42 Å². The Hall–Kier alpha value is -2.71. The topological polar surface area (TPSA) is 95.2 Å². The van der Waals surface area contributed by atoms with E-state index in [9.17, 15) is 13.2 Å². The predicted molar refractivity (Wildman–Crippen MR) is 95.7 cm³/mol. The molecule has 0 saturated heterocycles. The number of aromatic amines is 1. The number of fused-ring (bicyclic) bond motifs is 1. The minimum atomic E-state index is -3.77. The molecule has 25 heavy (non-hydrogen) atoms. The standard InChI is InChI=1S/C17H18N4O3S/c1-12-9-16(20-19-12)18-17(22)11-21(2)25(23,24)15-8-7-13-5-3-4-6-14(13)10-15/h3-10H,11H2,1-2H3,(H2,18,19,20,22). The summed E-state index contributed by atoms with van der Waals surface area (Å²) >= 11 is 0. The van der Waals surface area contributed by atoms with Crippen molar-refractivity contribution in [3.63, 3.8) is 0 Å². The van der Waals surface area contributed by atoms with E-state index in [1.165, 1.54) is 7.05 Å². The summed E-state index contributed by atoms with van der Waals surface area (Å²) in [4.78, 5) is 12.2. The van der Waals surface area contributed by atoms with Crippen LogP contribution in [0.3, 0.4) is 0 Å². The average molecular weight is 358 g/mol. The van der Waals surface area contributed by atoms with Crippen molar-refractivity contribution in [3.05, 3.63) is 54.2 Å². The zero-order valence-corrected chi connectivity index (χ0v) is 14.7. The Kier molecular flexibility index (Phi) is 4.56. The zero-order chi connectivity index (χ0) is 18.0. The number of carbonyl (C=O) groups is 1. The minimum absolute atomic E-state index is 0.150. The minimum Gasteiger partial charge on any atom is -0.308 e. The fourth-order valence-corrected chi connectivity index (χ4v) is 3.62. The van der Waals surface area contributed by atoms with Crippen LogP contribution >= 0.6 is 0 Å². The lowest BCUT2D eigenvalue weighted by Gasteiger charge is -2.17. The molecule has 2 aromatic carbocycles. The molecule has 3 rings (SSSR count). The quantitative estimate of drug-likeness (QED) is 0.730. The molecule has 1 heterocycles. The fraction of sp³-hybridized carbons (Fsp3) is 0.176. The lowest BCUT2D eigenvalue weighted by Crippen LogP contribution is -2.35. The van der Waals surface area contributed by atoms with E-state index in [4.69, 9.17) is 0 Å². The molecule has 0 saturated carbocycles. The first-order valence-electron chi connectivity index (χ1n) is 7.63. The number of rotatable bonds is 5. The van der Waals surface area contributed by atoms with E-state index in [2.05, 4.69) is 15.5 Å². The molecular weight excluding hydrogens is 340 g/mol. The second-order valence-electron chi connectivity index (χ2n) is 5.75. The summed E-state index contributed by atoms with van der Waals surface area (Å²) < 4.78 is 26.4. The summed E-state index contributed by atoms with van der Waals surface area (Å²) in [6.07, 6.45) is 0. The molecule has 0 aliphatic heterocycles. The van der Waals surface area contributed by atoms with Gasteiger partial charge < -0.3 is 5.32 Å². The van der Waals surface area contributed by atoms with E-state index in [0.29, 0.717) is 5.82 Å². The number of H-pyrrole nitrogens is 1. The van der Waals surface area contributed by atoms with Crippen molar-refractivity contribution in [2.75, 3.05) is 18.9 Å². The molecule has 0 spiro atoms. The van der Waals surface area contributed by atoms with Gasteiger partial charge in [0.05, 0.1) is 11.4 Å². The largest absolute Gasteiger partial charge is 0.308 e. The Morgan fingerprint density at radius 2 is 1.88 bits per heavy atom. The molecule has 7 nitrogen and oxygen atoms in total. The van der Waals surface area contributed by atoms with Crippen LogP contribution in [0.4, 0.5) is 5.82 Å². The summed E-state index contributed by atoms with van der Waals surface area (Å²) in [5.41, 5.74) is 0.799. The molecule has 8 heteroatoms. The molecule has 3 aromatic rings. The number of likely N-dealkylation sites (N-methyl/N-ethyl adjacent to an activating group) is 1. The van der Waals surface area contributed by atoms with Crippen LogP contribution in [0.15, 0.2) is 53.4 Å². The van der Waals surface area contributed by atoms with Crippen molar-refractivity contribution >= 4 is 32.5 Å². The fourth-order valence-electron chi connectivity index (χ4n) is 2.46. The third kappa shape index (κ3) is 3.70. The van der Waals surface area contributed by atoms with Crippen LogP contribution < -0.4 is 5.32 Å². The van der Waals surface area contributed by atoms with Gasteiger partial charge in [-0.2, -0.15) is 9.40 Å². The van der Waals surface area contributed by atoms with Crippen LogP contribution in [-0.4, -0.2) is 42.4 Å². The Balaban J connectivity index is 1.76. The van der Waals surface area contributed by atoms with Crippen LogP contribution in [0, 0.1) is 6.92 Å². The van der Waals surface area contributed by atoms with E-state index in [1.807, 2.05) is 24.3 Å². The number of sulfonamides is 1. The van der Waals surface area contributed by atoms with Crippen LogP contribution in [-0.2, 0) is 14.8 Å². The molecule has 0 fully saturated rings. The molecule has 1 amide bonds. The lowest BCUT2D eigenvalue weighted by atomic mass is 10.1. The maximum Gasteiger partial charge on any atom is 0.243 e. The van der Waals surface area contributed by atoms with Gasteiger partial charge in [-0.3, -0.25) is 9.89 Å². The van der Waals surface area contributed by atoms with Gasteiger partial charge in [-0.15, -0.1) is 0 Å². The first kappa shape index (κ1) is 17.1. The van der Waals surface area contributed by atoms with E-state index < -0.39 is 15.9 Å². The van der Waals surface area contributed by atoms with Crippen LogP contribution in [0.5, 0.6) is 0 Å². The summed E-state index contributed by atoms with van der Waals surface area (Å²) in [5, 5.41) is 10.9. The van der Waals surface area contributed by atoms with E-state index in [0.717, 1.165) is 20.8 Å². The smallest absolute Gasteiger partial charge is 0.243 e. The number of carbonyl (C=O) groups excluding carboxylic acids is 1. The van der Waals surface area contributed by atoms with Crippen molar-refractivity contribution in [1.29, 1.82) is 0 Å². The number of nitrogens with one attached hydrogen (secondary N) is 2. The highest BCUT2D eigenvalue weighted by molar-refractivity contribution is 7.89. The van der Waals surface area contributed by atoms with Crippen molar-refractivity contribution in [2.24, 2.45) is 0 Å². The maximum absolute atomic E-state index is 12.7. The van der Waals surface area contributed by atoms with Gasteiger partial charge in [0.2, 0.25) is 15.9 Å². The number of hydrogen-bond donors (Lipinski definition) is 2. The van der Waals surface area contributed by atoms with Gasteiger partial charge in [-0.1, -0.05) is 30.3 Å². The Bertz CT molecular complexity index is 1030. The Labute approximate surface area is 145 Å². The van der Waals surface area contributed by atoms with Gasteiger partial charge in [0.25, 0.3) is 0 Å². The molecule has 0 atom stereocenters. The Morgan fingerprint density at radius 1 is 1.16 bits per heavy atom. The van der Waals surface area contributed by atoms with Crippen molar-refractivity contribution < 1.29 is 13.2 Å². The highest BCUT2D eigenvalue weighted by Crippen LogP contribution is 2.21. The first-order valence-corrected chi connectivity index (χ1v) is 9.07. The van der Waals surface area contributed by atoms with E-state index >= 15 is 0 Å². The first-order chi connectivity index (χ1) is 11.9. The molecular formula is C17H18N4O3S. The number of nitrogens with zero attached hydrogens (tertiary/aromatic N) is 2. The highest BCUT2D eigenvalue weighted by atomic mass is 32.2. The van der Waals surface area contributed by atoms with Crippen molar-refractivity contribution in [1.82, 2.24) is 14.5 Å². The summed E-state index contributed by atoms with van der Waals surface area (Å²) in [6, 6.07) is 14.1. The van der Waals surface area contributed by atoms with Crippen LogP contribution in [0.25, 0.3) is 10.8 Å². The third-order valence-corrected chi connectivity index (χ3v) is 5.57. The maximum atomic E-state index is 12.7. The van der Waals surface area contributed by atoms with E-state index in [-0.39, 0.29) is 11.4 Å². The van der Waals surface area contributed by atoms with Crippen LogP contribution in [0.2, 0.25) is 0 Å². The average Bonchev–Trinajstić information content (AvgIpc) is 2.98. The van der Waals surface area contributed by atoms with Gasteiger partial charge in [0, 0.05) is 18.8 Å². The molecule has 0 aliphatic rings. The molecule has 0 bridgehead atoms. The highest BCUT2D eigenvalue weighted by Gasteiger charge is 2.23. The van der Waals surface area contributed by atoms with Gasteiger partial charge >= 0.3 is 0 Å². The number of amides is 1.